The SMILES string of the molecule is CC(C)(CNC(=O)CC1CCCCCC1)C(=O)O. The summed E-state index contributed by atoms with van der Waals surface area (Å²) in [5.41, 5.74) is -0.890. The summed E-state index contributed by atoms with van der Waals surface area (Å²) in [5, 5.41) is 11.7. The van der Waals surface area contributed by atoms with E-state index in [1.54, 1.807) is 13.8 Å². The van der Waals surface area contributed by atoms with Gasteiger partial charge in [0.2, 0.25) is 5.91 Å². The minimum Gasteiger partial charge on any atom is -0.481 e. The molecule has 0 aromatic carbocycles. The normalized spacial score (nSPS) is 18.1. The van der Waals surface area contributed by atoms with E-state index in [1.165, 1.54) is 25.7 Å². The molecular formula is C14H25NO3. The van der Waals surface area contributed by atoms with Crippen LogP contribution >= 0.6 is 0 Å². The summed E-state index contributed by atoms with van der Waals surface area (Å²) in [6.45, 7) is 3.45. The first kappa shape index (κ1) is 15.0. The van der Waals surface area contributed by atoms with Gasteiger partial charge in [-0.05, 0) is 32.6 Å². The molecule has 1 saturated carbocycles. The average Bonchev–Trinajstić information content (AvgIpc) is 2.55. The van der Waals surface area contributed by atoms with Crippen LogP contribution in [0.5, 0.6) is 0 Å². The smallest absolute Gasteiger partial charge is 0.310 e. The van der Waals surface area contributed by atoms with E-state index in [1.807, 2.05) is 0 Å². The number of carbonyl (C=O) groups is 2. The molecule has 0 aliphatic heterocycles. The van der Waals surface area contributed by atoms with Crippen LogP contribution in [0.25, 0.3) is 0 Å². The zero-order valence-electron chi connectivity index (χ0n) is 11.5. The van der Waals surface area contributed by atoms with Crippen LogP contribution in [0.2, 0.25) is 0 Å². The third-order valence-corrected chi connectivity index (χ3v) is 3.76. The molecule has 0 heterocycles. The minimum atomic E-state index is -0.890. The molecule has 0 unspecified atom stereocenters. The fraction of sp³-hybridized carbons (Fsp3) is 0.857. The monoisotopic (exact) mass is 255 g/mol. The molecule has 1 aliphatic carbocycles. The highest BCUT2D eigenvalue weighted by Gasteiger charge is 2.27. The van der Waals surface area contributed by atoms with Crippen molar-refractivity contribution in [3.05, 3.63) is 0 Å². The molecule has 0 spiro atoms. The van der Waals surface area contributed by atoms with Crippen molar-refractivity contribution in [3.8, 4) is 0 Å². The molecule has 0 bridgehead atoms. The van der Waals surface area contributed by atoms with Gasteiger partial charge in [-0.1, -0.05) is 25.7 Å². The number of hydrogen-bond donors (Lipinski definition) is 2. The van der Waals surface area contributed by atoms with Gasteiger partial charge in [-0.25, -0.2) is 0 Å². The number of nitrogens with one attached hydrogen (secondary N) is 1. The Balaban J connectivity index is 2.30. The van der Waals surface area contributed by atoms with Crippen LogP contribution in [0.4, 0.5) is 0 Å². The summed E-state index contributed by atoms with van der Waals surface area (Å²) >= 11 is 0. The first-order chi connectivity index (χ1) is 8.42. The molecule has 0 saturated heterocycles. The van der Waals surface area contributed by atoms with Gasteiger partial charge >= 0.3 is 5.97 Å². The van der Waals surface area contributed by atoms with Crippen molar-refractivity contribution in [3.63, 3.8) is 0 Å². The van der Waals surface area contributed by atoms with Gasteiger partial charge in [-0.2, -0.15) is 0 Å². The minimum absolute atomic E-state index is 0.00350. The molecule has 18 heavy (non-hydrogen) atoms. The first-order valence-corrected chi connectivity index (χ1v) is 6.92. The average molecular weight is 255 g/mol. The molecule has 0 atom stereocenters. The fourth-order valence-corrected chi connectivity index (χ4v) is 2.30. The van der Waals surface area contributed by atoms with Crippen molar-refractivity contribution in [2.75, 3.05) is 6.54 Å². The number of carbonyl (C=O) groups excluding carboxylic acids is 1. The Morgan fingerprint density at radius 1 is 1.17 bits per heavy atom. The third kappa shape index (κ3) is 5.07. The van der Waals surface area contributed by atoms with E-state index in [2.05, 4.69) is 5.32 Å². The van der Waals surface area contributed by atoms with Crippen molar-refractivity contribution >= 4 is 11.9 Å². The maximum absolute atomic E-state index is 11.8. The van der Waals surface area contributed by atoms with Crippen molar-refractivity contribution < 1.29 is 14.7 Å². The first-order valence-electron chi connectivity index (χ1n) is 6.92. The van der Waals surface area contributed by atoms with Gasteiger partial charge in [-0.15, -0.1) is 0 Å². The lowest BCUT2D eigenvalue weighted by molar-refractivity contribution is -0.146. The molecule has 1 fully saturated rings. The summed E-state index contributed by atoms with van der Waals surface area (Å²) in [6.07, 6.45) is 7.83. The molecule has 0 aromatic rings. The van der Waals surface area contributed by atoms with Gasteiger partial charge in [0.15, 0.2) is 0 Å². The number of amides is 1. The van der Waals surface area contributed by atoms with Gasteiger partial charge in [-0.3, -0.25) is 9.59 Å². The maximum Gasteiger partial charge on any atom is 0.310 e. The zero-order valence-corrected chi connectivity index (χ0v) is 11.5. The molecule has 104 valence electrons. The molecule has 2 N–H and O–H groups in total. The van der Waals surface area contributed by atoms with Gasteiger partial charge in [0.1, 0.15) is 0 Å². The highest BCUT2D eigenvalue weighted by atomic mass is 16.4. The summed E-state index contributed by atoms with van der Waals surface area (Å²) in [5.74, 6) is -0.395. The summed E-state index contributed by atoms with van der Waals surface area (Å²) < 4.78 is 0. The zero-order chi connectivity index (χ0) is 13.6. The number of carboxylic acid groups (broad SMARTS) is 1. The number of aliphatic carboxylic acids is 1. The standard InChI is InChI=1S/C14H25NO3/c1-14(2,13(17)18)10-15-12(16)9-11-7-5-3-4-6-8-11/h11H,3-10H2,1-2H3,(H,15,16)(H,17,18). The van der Waals surface area contributed by atoms with E-state index >= 15 is 0 Å². The van der Waals surface area contributed by atoms with Gasteiger partial charge in [0.25, 0.3) is 0 Å². The molecule has 1 rings (SSSR count). The molecule has 1 aliphatic rings. The van der Waals surface area contributed by atoms with Crippen LogP contribution in [0.1, 0.15) is 58.8 Å². The Bertz CT molecular complexity index is 291. The van der Waals surface area contributed by atoms with E-state index < -0.39 is 11.4 Å². The molecular weight excluding hydrogens is 230 g/mol. The second-order valence-corrected chi connectivity index (χ2v) is 6.03. The van der Waals surface area contributed by atoms with E-state index in [4.69, 9.17) is 5.11 Å². The largest absolute Gasteiger partial charge is 0.481 e. The Morgan fingerprint density at radius 2 is 1.72 bits per heavy atom. The lowest BCUT2D eigenvalue weighted by atomic mass is 9.93. The predicted octanol–water partition coefficient (Wildman–Crippen LogP) is 2.57. The highest BCUT2D eigenvalue weighted by molar-refractivity contribution is 5.78. The second-order valence-electron chi connectivity index (χ2n) is 6.03. The topological polar surface area (TPSA) is 66.4 Å². The number of rotatable bonds is 5. The number of carboxylic acids is 1. The van der Waals surface area contributed by atoms with Crippen molar-refractivity contribution in [2.45, 2.75) is 58.8 Å². The second kappa shape index (κ2) is 6.76. The van der Waals surface area contributed by atoms with Crippen LogP contribution in [0.3, 0.4) is 0 Å². The lowest BCUT2D eigenvalue weighted by Gasteiger charge is -2.20. The van der Waals surface area contributed by atoms with Crippen molar-refractivity contribution in [2.24, 2.45) is 11.3 Å². The Morgan fingerprint density at radius 3 is 2.22 bits per heavy atom. The van der Waals surface area contributed by atoms with Crippen molar-refractivity contribution in [1.82, 2.24) is 5.32 Å². The van der Waals surface area contributed by atoms with Gasteiger partial charge < -0.3 is 10.4 Å². The quantitative estimate of drug-likeness (QED) is 0.742. The van der Waals surface area contributed by atoms with E-state index in [-0.39, 0.29) is 12.5 Å². The molecule has 0 aromatic heterocycles. The number of hydrogen-bond acceptors (Lipinski definition) is 2. The lowest BCUT2D eigenvalue weighted by Crippen LogP contribution is -2.39. The van der Waals surface area contributed by atoms with E-state index in [0.717, 1.165) is 12.8 Å². The van der Waals surface area contributed by atoms with Crippen LogP contribution in [0.15, 0.2) is 0 Å². The highest BCUT2D eigenvalue weighted by Crippen LogP contribution is 2.25. The van der Waals surface area contributed by atoms with E-state index in [0.29, 0.717) is 12.3 Å². The summed E-state index contributed by atoms with van der Waals surface area (Å²) in [6, 6.07) is 0. The fourth-order valence-electron chi connectivity index (χ4n) is 2.30. The van der Waals surface area contributed by atoms with Crippen LogP contribution < -0.4 is 5.32 Å². The Labute approximate surface area is 109 Å². The Kier molecular flexibility index (Phi) is 5.63. The Hall–Kier alpha value is -1.06. The summed E-state index contributed by atoms with van der Waals surface area (Å²) in [7, 11) is 0. The van der Waals surface area contributed by atoms with Gasteiger partial charge in [0, 0.05) is 13.0 Å². The van der Waals surface area contributed by atoms with Crippen LogP contribution in [-0.2, 0) is 9.59 Å². The molecule has 4 nitrogen and oxygen atoms in total. The van der Waals surface area contributed by atoms with Gasteiger partial charge in [0.05, 0.1) is 5.41 Å². The maximum atomic E-state index is 11.8. The third-order valence-electron chi connectivity index (χ3n) is 3.76. The molecule has 1 amide bonds. The van der Waals surface area contributed by atoms with Crippen molar-refractivity contribution in [1.29, 1.82) is 0 Å². The van der Waals surface area contributed by atoms with Crippen LogP contribution in [0, 0.1) is 11.3 Å². The van der Waals surface area contributed by atoms with E-state index in [9.17, 15) is 9.59 Å². The molecule has 0 radical (unpaired) electrons. The predicted molar refractivity (Wildman–Crippen MR) is 70.2 cm³/mol. The summed E-state index contributed by atoms with van der Waals surface area (Å²) in [4.78, 5) is 22.7. The van der Waals surface area contributed by atoms with Crippen LogP contribution in [-0.4, -0.2) is 23.5 Å². The molecule has 4 heteroatoms.